The molecule has 0 fully saturated rings. The molecule has 7 heteroatoms. The van der Waals surface area contributed by atoms with Gasteiger partial charge in [-0.3, -0.25) is 0 Å². The Morgan fingerprint density at radius 2 is 1.83 bits per heavy atom. The van der Waals surface area contributed by atoms with Crippen LogP contribution >= 0.6 is 0 Å². The van der Waals surface area contributed by atoms with Gasteiger partial charge in [0, 0.05) is 37.6 Å². The van der Waals surface area contributed by atoms with Crippen LogP contribution in [0.25, 0.3) is 5.69 Å². The first-order valence-corrected chi connectivity index (χ1v) is 10.0. The minimum absolute atomic E-state index is 0.187. The van der Waals surface area contributed by atoms with Crippen molar-refractivity contribution in [1.82, 2.24) is 24.9 Å². The van der Waals surface area contributed by atoms with E-state index in [4.69, 9.17) is 0 Å². The Labute approximate surface area is 176 Å². The molecule has 0 aliphatic heterocycles. The Balaban J connectivity index is 1.55. The highest BCUT2D eigenvalue weighted by molar-refractivity contribution is 5.74. The van der Waals surface area contributed by atoms with Crippen LogP contribution in [0, 0.1) is 5.82 Å². The molecule has 0 aliphatic carbocycles. The molecule has 0 unspecified atom stereocenters. The van der Waals surface area contributed by atoms with E-state index in [1.54, 1.807) is 34.0 Å². The molecule has 158 valence electrons. The smallest absolute Gasteiger partial charge is 0.317 e. The highest BCUT2D eigenvalue weighted by atomic mass is 19.1. The second kappa shape index (κ2) is 10.5. The Morgan fingerprint density at radius 3 is 2.50 bits per heavy atom. The largest absolute Gasteiger partial charge is 0.338 e. The van der Waals surface area contributed by atoms with Crippen molar-refractivity contribution in [3.8, 4) is 5.69 Å². The molecule has 6 nitrogen and oxygen atoms in total. The normalized spacial score (nSPS) is 10.9. The summed E-state index contributed by atoms with van der Waals surface area (Å²) in [6, 6.07) is 16.3. The Morgan fingerprint density at radius 1 is 1.07 bits per heavy atom. The third-order valence-corrected chi connectivity index (χ3v) is 4.82. The zero-order chi connectivity index (χ0) is 21.3. The molecule has 3 aromatic rings. The average Bonchev–Trinajstić information content (AvgIpc) is 3.27. The van der Waals surface area contributed by atoms with Crippen molar-refractivity contribution < 1.29 is 9.18 Å². The number of benzene rings is 2. The second-order valence-corrected chi connectivity index (χ2v) is 7.42. The Bertz CT molecular complexity index is 925. The minimum atomic E-state index is -0.294. The van der Waals surface area contributed by atoms with Crippen LogP contribution in [0.4, 0.5) is 9.18 Å². The van der Waals surface area contributed by atoms with Crippen molar-refractivity contribution >= 4 is 6.03 Å². The van der Waals surface area contributed by atoms with E-state index in [1.165, 1.54) is 6.07 Å². The van der Waals surface area contributed by atoms with Crippen molar-refractivity contribution in [2.75, 3.05) is 33.7 Å². The van der Waals surface area contributed by atoms with Crippen LogP contribution in [0.2, 0.25) is 0 Å². The van der Waals surface area contributed by atoms with Gasteiger partial charge in [-0.15, -0.1) is 0 Å². The topological polar surface area (TPSA) is 53.4 Å². The van der Waals surface area contributed by atoms with E-state index in [9.17, 15) is 9.18 Å². The number of amides is 2. The minimum Gasteiger partial charge on any atom is -0.338 e. The van der Waals surface area contributed by atoms with Crippen molar-refractivity contribution in [3.05, 3.63) is 83.9 Å². The third-order valence-electron chi connectivity index (χ3n) is 4.82. The summed E-state index contributed by atoms with van der Waals surface area (Å²) in [5.41, 5.74) is 2.63. The number of carbonyl (C=O) groups excluding carboxylic acids is 1. The van der Waals surface area contributed by atoms with Crippen LogP contribution in [0.15, 0.2) is 67.0 Å². The molecule has 0 radical (unpaired) electrons. The lowest BCUT2D eigenvalue weighted by atomic mass is 10.1. The van der Waals surface area contributed by atoms with Gasteiger partial charge in [0.1, 0.15) is 5.82 Å². The highest BCUT2D eigenvalue weighted by Crippen LogP contribution is 2.11. The molecule has 0 spiro atoms. The van der Waals surface area contributed by atoms with Crippen molar-refractivity contribution in [1.29, 1.82) is 0 Å². The highest BCUT2D eigenvalue weighted by Gasteiger charge is 2.15. The van der Waals surface area contributed by atoms with E-state index in [0.29, 0.717) is 31.6 Å². The van der Waals surface area contributed by atoms with Crippen LogP contribution in [0.3, 0.4) is 0 Å². The molecular weight excluding hydrogens is 381 g/mol. The number of nitrogens with zero attached hydrogens (tertiary/aromatic N) is 4. The SMILES string of the molecule is CN(C)CCN(Cc1ccccc1F)C(=O)NCCc1ccc(-n2cccn2)cc1. The van der Waals surface area contributed by atoms with Gasteiger partial charge in [0.25, 0.3) is 0 Å². The molecular formula is C23H28FN5O. The van der Waals surface area contributed by atoms with Gasteiger partial charge in [0.2, 0.25) is 0 Å². The number of likely N-dealkylation sites (N-methyl/N-ethyl adjacent to an activating group) is 1. The Hall–Kier alpha value is -3.19. The first kappa shape index (κ1) is 21.5. The fraction of sp³-hybridized carbons (Fsp3) is 0.304. The van der Waals surface area contributed by atoms with Crippen LogP contribution in [0.5, 0.6) is 0 Å². The second-order valence-electron chi connectivity index (χ2n) is 7.42. The van der Waals surface area contributed by atoms with Crippen LogP contribution in [-0.4, -0.2) is 59.3 Å². The summed E-state index contributed by atoms with van der Waals surface area (Å²) in [6.07, 6.45) is 4.35. The summed E-state index contributed by atoms with van der Waals surface area (Å²) in [4.78, 5) is 16.4. The van der Waals surface area contributed by atoms with Gasteiger partial charge in [-0.1, -0.05) is 30.3 Å². The Kier molecular flexibility index (Phi) is 7.57. The maximum Gasteiger partial charge on any atom is 0.317 e. The molecule has 30 heavy (non-hydrogen) atoms. The standard InChI is InChI=1S/C23H28FN5O/c1-27(2)16-17-28(18-20-6-3-4-7-22(20)24)23(30)25-14-12-19-8-10-21(11-9-19)29-15-5-13-26-29/h3-11,13,15H,12,14,16-18H2,1-2H3,(H,25,30). The zero-order valence-corrected chi connectivity index (χ0v) is 17.5. The number of carbonyl (C=O) groups is 1. The molecule has 2 amide bonds. The fourth-order valence-corrected chi connectivity index (χ4v) is 3.07. The number of halogens is 1. The number of hydrogen-bond acceptors (Lipinski definition) is 3. The number of hydrogen-bond donors (Lipinski definition) is 1. The van der Waals surface area contributed by atoms with Crippen LogP contribution in [-0.2, 0) is 13.0 Å². The van der Waals surface area contributed by atoms with Gasteiger partial charge in [0.15, 0.2) is 0 Å². The summed E-state index contributed by atoms with van der Waals surface area (Å²) in [6.45, 7) is 1.98. The molecule has 1 heterocycles. The summed E-state index contributed by atoms with van der Waals surface area (Å²) in [5.74, 6) is -0.294. The third kappa shape index (κ3) is 6.15. The number of rotatable bonds is 9. The number of aromatic nitrogens is 2. The van der Waals surface area contributed by atoms with E-state index >= 15 is 0 Å². The van der Waals surface area contributed by atoms with E-state index in [2.05, 4.69) is 10.4 Å². The maximum atomic E-state index is 14.0. The maximum absolute atomic E-state index is 14.0. The fourth-order valence-electron chi connectivity index (χ4n) is 3.07. The van der Waals surface area contributed by atoms with Gasteiger partial charge in [-0.05, 0) is 50.3 Å². The van der Waals surface area contributed by atoms with Gasteiger partial charge in [0.05, 0.1) is 12.2 Å². The molecule has 0 bridgehead atoms. The first-order chi connectivity index (χ1) is 14.5. The van der Waals surface area contributed by atoms with E-state index < -0.39 is 0 Å². The summed E-state index contributed by atoms with van der Waals surface area (Å²) < 4.78 is 15.8. The summed E-state index contributed by atoms with van der Waals surface area (Å²) in [5, 5.41) is 7.18. The van der Waals surface area contributed by atoms with Gasteiger partial charge in [-0.2, -0.15) is 5.10 Å². The lowest BCUT2D eigenvalue weighted by molar-refractivity contribution is 0.188. The predicted octanol–water partition coefficient (Wildman–Crippen LogP) is 3.33. The molecule has 0 aliphatic rings. The first-order valence-electron chi connectivity index (χ1n) is 10.0. The summed E-state index contributed by atoms with van der Waals surface area (Å²) in [7, 11) is 3.90. The number of nitrogens with one attached hydrogen (secondary N) is 1. The van der Waals surface area contributed by atoms with Gasteiger partial charge in [-0.25, -0.2) is 13.9 Å². The monoisotopic (exact) mass is 409 g/mol. The number of urea groups is 1. The van der Waals surface area contributed by atoms with Crippen LogP contribution in [0.1, 0.15) is 11.1 Å². The molecule has 1 aromatic heterocycles. The lowest BCUT2D eigenvalue weighted by Crippen LogP contribution is -2.43. The van der Waals surface area contributed by atoms with Crippen molar-refractivity contribution in [2.45, 2.75) is 13.0 Å². The molecule has 0 saturated carbocycles. The molecule has 2 aromatic carbocycles. The van der Waals surface area contributed by atoms with E-state index in [1.807, 2.05) is 55.5 Å². The molecule has 3 rings (SSSR count). The van der Waals surface area contributed by atoms with Gasteiger partial charge < -0.3 is 15.1 Å². The van der Waals surface area contributed by atoms with Gasteiger partial charge >= 0.3 is 6.03 Å². The molecule has 0 saturated heterocycles. The predicted molar refractivity (Wildman–Crippen MR) is 116 cm³/mol. The quantitative estimate of drug-likeness (QED) is 0.590. The van der Waals surface area contributed by atoms with Crippen molar-refractivity contribution in [2.24, 2.45) is 0 Å². The average molecular weight is 410 g/mol. The zero-order valence-electron chi connectivity index (χ0n) is 17.5. The summed E-state index contributed by atoms with van der Waals surface area (Å²) >= 11 is 0. The molecule has 0 atom stereocenters. The van der Waals surface area contributed by atoms with Crippen LogP contribution < -0.4 is 5.32 Å². The lowest BCUT2D eigenvalue weighted by Gasteiger charge is -2.25. The van der Waals surface area contributed by atoms with Crippen molar-refractivity contribution in [3.63, 3.8) is 0 Å². The van der Waals surface area contributed by atoms with E-state index in [0.717, 1.165) is 11.3 Å². The molecule has 1 N–H and O–H groups in total. The van der Waals surface area contributed by atoms with E-state index in [-0.39, 0.29) is 18.4 Å².